The number of pyridine rings is 1. The van der Waals surface area contributed by atoms with Crippen molar-refractivity contribution < 1.29 is 40.0 Å². The molecule has 3 aliphatic rings. The van der Waals surface area contributed by atoms with E-state index in [2.05, 4.69) is 5.16 Å². The number of aromatic nitrogens is 2. The number of hydrogen-bond acceptors (Lipinski definition) is 7. The summed E-state index contributed by atoms with van der Waals surface area (Å²) >= 11 is 0. The van der Waals surface area contributed by atoms with E-state index in [0.29, 0.717) is 16.7 Å². The van der Waals surface area contributed by atoms with Crippen LogP contribution < -0.4 is 19.3 Å². The van der Waals surface area contributed by atoms with Crippen LogP contribution in [0.15, 0.2) is 93.3 Å². The quantitative estimate of drug-likeness (QED) is 0.165. The van der Waals surface area contributed by atoms with E-state index in [0.717, 1.165) is 10.4 Å². The van der Waals surface area contributed by atoms with Crippen LogP contribution in [0.25, 0.3) is 16.6 Å². The SMILES string of the molecule is COc1ccc(CN(c2ccon2)S(=O)(=O)c2ccc3c(ccc(=O)n3-c3cc(F)c(C45CC(C(F)(F)F)(C4)C5)cc3OC)c2)cc1. The highest BCUT2D eigenvalue weighted by molar-refractivity contribution is 7.92. The first-order valence-corrected chi connectivity index (χ1v) is 15.9. The van der Waals surface area contributed by atoms with Crippen molar-refractivity contribution in [2.24, 2.45) is 5.41 Å². The van der Waals surface area contributed by atoms with E-state index >= 15 is 4.39 Å². The lowest BCUT2D eigenvalue weighted by atomic mass is 9.33. The average molecular weight is 670 g/mol. The summed E-state index contributed by atoms with van der Waals surface area (Å²) in [5.41, 5.74) is -2.20. The molecule has 8 rings (SSSR count). The molecule has 3 aromatic carbocycles. The van der Waals surface area contributed by atoms with Gasteiger partial charge in [0.2, 0.25) is 0 Å². The largest absolute Gasteiger partial charge is 0.497 e. The highest BCUT2D eigenvalue weighted by atomic mass is 32.2. The van der Waals surface area contributed by atoms with Gasteiger partial charge in [-0.05, 0) is 72.9 Å². The predicted molar refractivity (Wildman–Crippen MR) is 163 cm³/mol. The molecular formula is C33H27F4N3O6S. The number of nitrogens with zero attached hydrogens (tertiary/aromatic N) is 3. The second-order valence-corrected chi connectivity index (χ2v) is 13.9. The van der Waals surface area contributed by atoms with E-state index in [1.165, 1.54) is 67.5 Å². The minimum Gasteiger partial charge on any atom is -0.497 e. The highest BCUT2D eigenvalue weighted by Crippen LogP contribution is 2.78. The van der Waals surface area contributed by atoms with Crippen LogP contribution in [0.5, 0.6) is 11.5 Å². The van der Waals surface area contributed by atoms with Gasteiger partial charge in [-0.15, -0.1) is 0 Å². The van der Waals surface area contributed by atoms with Crippen LogP contribution in [0.1, 0.15) is 30.4 Å². The van der Waals surface area contributed by atoms with Crippen LogP contribution in [0, 0.1) is 11.2 Å². The maximum Gasteiger partial charge on any atom is 0.394 e. The Hall–Kier alpha value is -4.85. The minimum atomic E-state index is -4.35. The Kier molecular flexibility index (Phi) is 6.94. The number of alkyl halides is 3. The number of fused-ring (bicyclic) bond motifs is 1. The molecule has 0 unspecified atom stereocenters. The fourth-order valence-corrected chi connectivity index (χ4v) is 8.37. The Labute approximate surface area is 266 Å². The zero-order valence-electron chi connectivity index (χ0n) is 25.0. The molecule has 0 aliphatic heterocycles. The van der Waals surface area contributed by atoms with Crippen molar-refractivity contribution in [3.05, 3.63) is 106 Å². The van der Waals surface area contributed by atoms with Crippen LogP contribution in [-0.2, 0) is 22.0 Å². The normalized spacial score (nSPS) is 20.4. The van der Waals surface area contributed by atoms with Gasteiger partial charge in [-0.1, -0.05) is 17.3 Å². The first-order chi connectivity index (χ1) is 22.3. The molecule has 3 aliphatic carbocycles. The van der Waals surface area contributed by atoms with Crippen LogP contribution in [-0.4, -0.2) is 38.5 Å². The molecular weight excluding hydrogens is 642 g/mol. The van der Waals surface area contributed by atoms with E-state index in [4.69, 9.17) is 14.0 Å². The Morgan fingerprint density at radius 1 is 0.957 bits per heavy atom. The van der Waals surface area contributed by atoms with Crippen LogP contribution in [0.2, 0.25) is 0 Å². The fraction of sp³-hybridized carbons (Fsp3) is 0.273. The van der Waals surface area contributed by atoms with Gasteiger partial charge in [-0.25, -0.2) is 17.1 Å². The molecule has 2 aromatic heterocycles. The monoisotopic (exact) mass is 669 g/mol. The van der Waals surface area contributed by atoms with Crippen molar-refractivity contribution in [2.75, 3.05) is 18.5 Å². The Morgan fingerprint density at radius 2 is 1.68 bits per heavy atom. The molecule has 2 heterocycles. The van der Waals surface area contributed by atoms with Gasteiger partial charge in [0.05, 0.1) is 42.3 Å². The number of anilines is 1. The summed E-state index contributed by atoms with van der Waals surface area (Å²) in [5, 5.41) is 4.18. The molecule has 3 saturated carbocycles. The lowest BCUT2D eigenvalue weighted by molar-refractivity contribution is -0.337. The molecule has 2 bridgehead atoms. The third-order valence-electron chi connectivity index (χ3n) is 9.33. The van der Waals surface area contributed by atoms with Crippen LogP contribution >= 0.6 is 0 Å². The topological polar surface area (TPSA) is 104 Å². The number of halogens is 4. The summed E-state index contributed by atoms with van der Waals surface area (Å²) in [5.74, 6) is -0.00189. The summed E-state index contributed by atoms with van der Waals surface area (Å²) in [6.45, 7) is -0.0786. The molecule has 9 nitrogen and oxygen atoms in total. The maximum absolute atomic E-state index is 15.7. The summed E-state index contributed by atoms with van der Waals surface area (Å²) in [7, 11) is -1.39. The minimum absolute atomic E-state index is 0.0285. The smallest absolute Gasteiger partial charge is 0.394 e. The number of hydrogen-bond donors (Lipinski definition) is 0. The van der Waals surface area contributed by atoms with Gasteiger partial charge < -0.3 is 14.0 Å². The van der Waals surface area contributed by atoms with Crippen molar-refractivity contribution in [1.29, 1.82) is 0 Å². The van der Waals surface area contributed by atoms with Crippen LogP contribution in [0.3, 0.4) is 0 Å². The van der Waals surface area contributed by atoms with Crippen molar-refractivity contribution in [3.63, 3.8) is 0 Å². The van der Waals surface area contributed by atoms with E-state index in [-0.39, 0.29) is 59.0 Å². The molecule has 47 heavy (non-hydrogen) atoms. The lowest BCUT2D eigenvalue weighted by Crippen LogP contribution is -2.70. The van der Waals surface area contributed by atoms with E-state index in [9.17, 15) is 26.4 Å². The van der Waals surface area contributed by atoms with Crippen LogP contribution in [0.4, 0.5) is 23.4 Å². The van der Waals surface area contributed by atoms with Gasteiger partial charge in [0, 0.05) is 29.0 Å². The Morgan fingerprint density at radius 3 is 2.30 bits per heavy atom. The fourth-order valence-electron chi connectivity index (χ4n) is 6.94. The zero-order chi connectivity index (χ0) is 33.4. The third kappa shape index (κ3) is 4.76. The van der Waals surface area contributed by atoms with Crippen molar-refractivity contribution in [2.45, 2.75) is 42.3 Å². The van der Waals surface area contributed by atoms with Gasteiger partial charge in [0.25, 0.3) is 15.6 Å². The molecule has 244 valence electrons. The number of sulfonamides is 1. The number of methoxy groups -OCH3 is 2. The second kappa shape index (κ2) is 10.6. The zero-order valence-corrected chi connectivity index (χ0v) is 25.9. The Bertz CT molecular complexity index is 2160. The molecule has 3 fully saturated rings. The molecule has 5 aromatic rings. The van der Waals surface area contributed by atoms with Gasteiger partial charge in [0.15, 0.2) is 5.82 Å². The molecule has 0 radical (unpaired) electrons. The lowest BCUT2D eigenvalue weighted by Gasteiger charge is -2.70. The summed E-state index contributed by atoms with van der Waals surface area (Å²) in [6, 6.07) is 17.5. The van der Waals surface area contributed by atoms with Crippen molar-refractivity contribution in [1.82, 2.24) is 9.72 Å². The summed E-state index contributed by atoms with van der Waals surface area (Å²) in [4.78, 5) is 13.1. The van der Waals surface area contributed by atoms with Gasteiger partial charge in [-0.2, -0.15) is 13.2 Å². The first-order valence-electron chi connectivity index (χ1n) is 14.5. The first kappa shape index (κ1) is 30.8. The Balaban J connectivity index is 1.27. The molecule has 0 spiro atoms. The average Bonchev–Trinajstić information content (AvgIpc) is 3.53. The molecule has 0 saturated heterocycles. The molecule has 0 atom stereocenters. The van der Waals surface area contributed by atoms with Gasteiger partial charge in [0.1, 0.15) is 23.6 Å². The molecule has 0 N–H and O–H groups in total. The number of ether oxygens (including phenoxy) is 2. The summed E-state index contributed by atoms with van der Waals surface area (Å²) < 4.78 is 102. The number of rotatable bonds is 9. The van der Waals surface area contributed by atoms with Crippen molar-refractivity contribution in [3.8, 4) is 17.2 Å². The highest BCUT2D eigenvalue weighted by Gasteiger charge is 2.79. The van der Waals surface area contributed by atoms with Crippen molar-refractivity contribution >= 4 is 26.7 Å². The van der Waals surface area contributed by atoms with E-state index in [1.54, 1.807) is 24.3 Å². The molecule has 0 amide bonds. The maximum atomic E-state index is 15.7. The van der Waals surface area contributed by atoms with E-state index in [1.807, 2.05) is 0 Å². The number of benzene rings is 3. The summed E-state index contributed by atoms with van der Waals surface area (Å²) in [6.07, 6.45) is -3.68. The third-order valence-corrected chi connectivity index (χ3v) is 11.1. The van der Waals surface area contributed by atoms with Gasteiger partial charge >= 0.3 is 6.18 Å². The predicted octanol–water partition coefficient (Wildman–Crippen LogP) is 6.51. The van der Waals surface area contributed by atoms with Gasteiger partial charge in [-0.3, -0.25) is 9.36 Å². The second-order valence-electron chi connectivity index (χ2n) is 12.0. The van der Waals surface area contributed by atoms with E-state index < -0.39 is 38.4 Å². The standard InChI is InChI=1S/C33H27F4N3O6S/c1-44-22-6-3-20(4-7-22)16-39(29-11-12-46-38-29)47(42,43)23-8-9-26-21(13-23)5-10-30(41)40(26)27-15-25(34)24(14-28(27)45-2)31-17-32(18-31,19-31)33(35,36)37/h3-15H,16-19H2,1-2H3. The molecule has 14 heteroatoms.